The Bertz CT molecular complexity index is 761. The second-order valence-corrected chi connectivity index (χ2v) is 5.80. The number of aliphatic carboxylic acids is 1. The highest BCUT2D eigenvalue weighted by Gasteiger charge is 2.30. The maximum atomic E-state index is 12.1. The van der Waals surface area contributed by atoms with Crippen molar-refractivity contribution >= 4 is 11.9 Å². The first-order valence-corrected chi connectivity index (χ1v) is 8.14. The number of halogens is 3. The summed E-state index contributed by atoms with van der Waals surface area (Å²) in [5.41, 5.74) is 1.25. The van der Waals surface area contributed by atoms with Crippen molar-refractivity contribution in [1.29, 1.82) is 0 Å². The molecule has 0 aromatic heterocycles. The first kappa shape index (κ1) is 20.3. The van der Waals surface area contributed by atoms with E-state index in [2.05, 4.69) is 10.1 Å². The van der Waals surface area contributed by atoms with Crippen molar-refractivity contribution in [2.75, 3.05) is 6.54 Å². The molecule has 1 atom stereocenters. The van der Waals surface area contributed by atoms with E-state index in [9.17, 15) is 27.9 Å². The lowest BCUT2D eigenvalue weighted by Gasteiger charge is -2.14. The van der Waals surface area contributed by atoms with Crippen molar-refractivity contribution in [1.82, 2.24) is 5.32 Å². The van der Waals surface area contributed by atoms with Gasteiger partial charge in [-0.05, 0) is 29.7 Å². The van der Waals surface area contributed by atoms with E-state index in [4.69, 9.17) is 0 Å². The van der Waals surface area contributed by atoms with Gasteiger partial charge in [-0.25, -0.2) is 0 Å². The van der Waals surface area contributed by atoms with Crippen LogP contribution < -0.4 is 10.1 Å². The molecule has 0 aliphatic heterocycles. The predicted molar refractivity (Wildman–Crippen MR) is 91.3 cm³/mol. The lowest BCUT2D eigenvalue weighted by Crippen LogP contribution is -2.31. The molecule has 0 radical (unpaired) electrons. The SMILES string of the molecule is O=C(CCc1ccc(OC(F)(F)F)cc1)NCC(C(=O)O)c1ccccc1. The molecule has 2 N–H and O–H groups in total. The van der Waals surface area contributed by atoms with Crippen LogP contribution in [0.15, 0.2) is 54.6 Å². The second kappa shape index (κ2) is 9.07. The summed E-state index contributed by atoms with van der Waals surface area (Å²) in [7, 11) is 0. The smallest absolute Gasteiger partial charge is 0.481 e. The van der Waals surface area contributed by atoms with Gasteiger partial charge in [0.25, 0.3) is 0 Å². The summed E-state index contributed by atoms with van der Waals surface area (Å²) in [5, 5.41) is 11.9. The van der Waals surface area contributed by atoms with E-state index in [-0.39, 0.29) is 24.6 Å². The monoisotopic (exact) mass is 381 g/mol. The van der Waals surface area contributed by atoms with Gasteiger partial charge in [-0.1, -0.05) is 42.5 Å². The van der Waals surface area contributed by atoms with Crippen LogP contribution in [0.5, 0.6) is 5.75 Å². The molecule has 0 bridgehead atoms. The Kier molecular flexibility index (Phi) is 6.81. The lowest BCUT2D eigenvalue weighted by atomic mass is 9.99. The number of benzene rings is 2. The summed E-state index contributed by atoms with van der Waals surface area (Å²) < 4.78 is 40.1. The van der Waals surface area contributed by atoms with Crippen molar-refractivity contribution in [2.45, 2.75) is 25.1 Å². The maximum Gasteiger partial charge on any atom is 0.573 e. The van der Waals surface area contributed by atoms with Crippen LogP contribution >= 0.6 is 0 Å². The van der Waals surface area contributed by atoms with Crippen LogP contribution in [-0.4, -0.2) is 29.9 Å². The fourth-order valence-corrected chi connectivity index (χ4v) is 2.45. The van der Waals surface area contributed by atoms with Crippen molar-refractivity contribution in [2.24, 2.45) is 0 Å². The highest BCUT2D eigenvalue weighted by molar-refractivity contribution is 5.79. The molecule has 2 aromatic rings. The number of nitrogens with one attached hydrogen (secondary N) is 1. The zero-order chi connectivity index (χ0) is 19.9. The molecule has 0 spiro atoms. The topological polar surface area (TPSA) is 75.6 Å². The molecule has 0 fully saturated rings. The predicted octanol–water partition coefficient (Wildman–Crippen LogP) is 3.50. The van der Waals surface area contributed by atoms with Gasteiger partial charge in [-0.2, -0.15) is 0 Å². The Morgan fingerprint density at radius 3 is 2.22 bits per heavy atom. The van der Waals surface area contributed by atoms with Gasteiger partial charge in [-0.15, -0.1) is 13.2 Å². The summed E-state index contributed by atoms with van der Waals surface area (Å²) in [4.78, 5) is 23.3. The molecule has 8 heteroatoms. The molecule has 27 heavy (non-hydrogen) atoms. The molecule has 0 saturated carbocycles. The molecular formula is C19H18F3NO4. The van der Waals surface area contributed by atoms with Gasteiger partial charge in [0.1, 0.15) is 5.75 Å². The third-order valence-electron chi connectivity index (χ3n) is 3.80. The second-order valence-electron chi connectivity index (χ2n) is 5.80. The van der Waals surface area contributed by atoms with Crippen LogP contribution in [0, 0.1) is 0 Å². The molecule has 0 aliphatic carbocycles. The number of carbonyl (C=O) groups excluding carboxylic acids is 1. The number of hydrogen-bond donors (Lipinski definition) is 2. The van der Waals surface area contributed by atoms with Crippen LogP contribution in [0.3, 0.4) is 0 Å². The first-order valence-electron chi connectivity index (χ1n) is 8.14. The van der Waals surface area contributed by atoms with Gasteiger partial charge in [0, 0.05) is 13.0 Å². The third kappa shape index (κ3) is 7.01. The quantitative estimate of drug-likeness (QED) is 0.734. The fraction of sp³-hybridized carbons (Fsp3) is 0.263. The molecule has 144 valence electrons. The average Bonchev–Trinajstić information content (AvgIpc) is 2.60. The van der Waals surface area contributed by atoms with Gasteiger partial charge >= 0.3 is 12.3 Å². The van der Waals surface area contributed by atoms with Crippen molar-refractivity contribution < 1.29 is 32.6 Å². The maximum absolute atomic E-state index is 12.1. The Labute approximate surface area is 153 Å². The number of carboxylic acid groups (broad SMARTS) is 1. The molecule has 0 saturated heterocycles. The van der Waals surface area contributed by atoms with E-state index in [1.165, 1.54) is 24.3 Å². The van der Waals surface area contributed by atoms with E-state index in [0.29, 0.717) is 17.5 Å². The van der Waals surface area contributed by atoms with Gasteiger partial charge < -0.3 is 15.2 Å². The lowest BCUT2D eigenvalue weighted by molar-refractivity contribution is -0.274. The van der Waals surface area contributed by atoms with Crippen molar-refractivity contribution in [3.8, 4) is 5.75 Å². The van der Waals surface area contributed by atoms with E-state index < -0.39 is 18.2 Å². The molecule has 1 unspecified atom stereocenters. The fourth-order valence-electron chi connectivity index (χ4n) is 2.45. The van der Waals surface area contributed by atoms with Crippen molar-refractivity contribution in [3.63, 3.8) is 0 Å². The summed E-state index contributed by atoms with van der Waals surface area (Å²) in [6.07, 6.45) is -4.36. The van der Waals surface area contributed by atoms with Crippen LogP contribution in [0.4, 0.5) is 13.2 Å². The molecule has 2 rings (SSSR count). The van der Waals surface area contributed by atoms with Gasteiger partial charge in [0.15, 0.2) is 0 Å². The highest BCUT2D eigenvalue weighted by atomic mass is 19.4. The average molecular weight is 381 g/mol. The number of aryl methyl sites for hydroxylation is 1. The van der Waals surface area contributed by atoms with Crippen molar-refractivity contribution in [3.05, 3.63) is 65.7 Å². The largest absolute Gasteiger partial charge is 0.573 e. The van der Waals surface area contributed by atoms with Crippen LogP contribution in [0.1, 0.15) is 23.5 Å². The third-order valence-corrected chi connectivity index (χ3v) is 3.80. The molecule has 0 aliphatic rings. The summed E-state index contributed by atoms with van der Waals surface area (Å²) in [6.45, 7) is -0.0451. The number of rotatable bonds is 8. The Morgan fingerprint density at radius 2 is 1.67 bits per heavy atom. The zero-order valence-corrected chi connectivity index (χ0v) is 14.2. The minimum absolute atomic E-state index is 0.0451. The van der Waals surface area contributed by atoms with Crippen LogP contribution in [0.25, 0.3) is 0 Å². The Balaban J connectivity index is 1.82. The van der Waals surface area contributed by atoms with Gasteiger partial charge in [0.05, 0.1) is 5.92 Å². The van der Waals surface area contributed by atoms with E-state index in [1.807, 2.05) is 0 Å². The van der Waals surface area contributed by atoms with Crippen LogP contribution in [0.2, 0.25) is 0 Å². The number of hydrogen-bond acceptors (Lipinski definition) is 3. The Hall–Kier alpha value is -3.03. The highest BCUT2D eigenvalue weighted by Crippen LogP contribution is 2.23. The summed E-state index contributed by atoms with van der Waals surface area (Å²) in [6, 6.07) is 13.8. The summed E-state index contributed by atoms with van der Waals surface area (Å²) in [5.74, 6) is -2.56. The number of amides is 1. The van der Waals surface area contributed by atoms with Gasteiger partial charge in [-0.3, -0.25) is 9.59 Å². The first-order chi connectivity index (χ1) is 12.7. The number of carboxylic acids is 1. The molecule has 0 heterocycles. The number of carbonyl (C=O) groups is 2. The normalized spacial score (nSPS) is 12.3. The minimum Gasteiger partial charge on any atom is -0.481 e. The molecule has 2 aromatic carbocycles. The number of alkyl halides is 3. The number of ether oxygens (including phenoxy) is 1. The van der Waals surface area contributed by atoms with E-state index in [1.54, 1.807) is 30.3 Å². The Morgan fingerprint density at radius 1 is 1.04 bits per heavy atom. The minimum atomic E-state index is -4.75. The molecule has 5 nitrogen and oxygen atoms in total. The standard InChI is InChI=1S/C19H18F3NO4/c20-19(21,22)27-15-9-6-13(7-10-15)8-11-17(24)23-12-16(18(25)26)14-4-2-1-3-5-14/h1-7,9-10,16H,8,11-12H2,(H,23,24)(H,25,26). The van der Waals surface area contributed by atoms with E-state index >= 15 is 0 Å². The van der Waals surface area contributed by atoms with Gasteiger partial charge in [0.2, 0.25) is 5.91 Å². The zero-order valence-electron chi connectivity index (χ0n) is 14.2. The van der Waals surface area contributed by atoms with Crippen LogP contribution in [-0.2, 0) is 16.0 Å². The molecule has 1 amide bonds. The molecular weight excluding hydrogens is 363 g/mol. The summed E-state index contributed by atoms with van der Waals surface area (Å²) >= 11 is 0. The van der Waals surface area contributed by atoms with E-state index in [0.717, 1.165) is 0 Å².